The van der Waals surface area contributed by atoms with Crippen molar-refractivity contribution < 1.29 is 14.7 Å². The fraction of sp³-hybridized carbons (Fsp3) is 0.105. The number of benzene rings is 2. The zero-order chi connectivity index (χ0) is 18.5. The van der Waals surface area contributed by atoms with Crippen LogP contribution in [0.1, 0.15) is 20.9 Å². The predicted octanol–water partition coefficient (Wildman–Crippen LogP) is 2.47. The molecule has 0 aliphatic rings. The van der Waals surface area contributed by atoms with Gasteiger partial charge in [0.05, 0.1) is 17.7 Å². The highest BCUT2D eigenvalue weighted by Crippen LogP contribution is 2.27. The van der Waals surface area contributed by atoms with Gasteiger partial charge in [0.1, 0.15) is 10.8 Å². The Hall–Kier alpha value is -3.19. The number of hydrogen-bond donors (Lipinski definition) is 3. The summed E-state index contributed by atoms with van der Waals surface area (Å²) in [6.07, 6.45) is 0.179. The van der Waals surface area contributed by atoms with E-state index in [9.17, 15) is 14.7 Å². The van der Waals surface area contributed by atoms with E-state index in [1.165, 1.54) is 23.5 Å². The van der Waals surface area contributed by atoms with Gasteiger partial charge in [-0.2, -0.15) is 0 Å². The second-order valence-corrected chi connectivity index (χ2v) is 6.60. The van der Waals surface area contributed by atoms with Crippen molar-refractivity contribution >= 4 is 23.2 Å². The third-order valence-electron chi connectivity index (χ3n) is 3.75. The number of phenols is 1. The number of nitrogens with two attached hydrogens (primary N) is 1. The summed E-state index contributed by atoms with van der Waals surface area (Å²) in [6, 6.07) is 14.2. The Morgan fingerprint density at radius 1 is 1.15 bits per heavy atom. The van der Waals surface area contributed by atoms with E-state index in [1.54, 1.807) is 11.4 Å². The molecule has 7 heteroatoms. The molecule has 0 aliphatic carbocycles. The van der Waals surface area contributed by atoms with Crippen molar-refractivity contribution in [1.82, 2.24) is 10.3 Å². The van der Waals surface area contributed by atoms with E-state index in [4.69, 9.17) is 5.73 Å². The summed E-state index contributed by atoms with van der Waals surface area (Å²) < 4.78 is 0. The highest BCUT2D eigenvalue weighted by atomic mass is 32.1. The van der Waals surface area contributed by atoms with Crippen molar-refractivity contribution in [3.63, 3.8) is 0 Å². The Labute approximate surface area is 154 Å². The summed E-state index contributed by atoms with van der Waals surface area (Å²) in [5.74, 6) is -0.990. The average molecular weight is 367 g/mol. The number of rotatable bonds is 6. The molecule has 0 radical (unpaired) electrons. The van der Waals surface area contributed by atoms with Crippen LogP contribution in [0.25, 0.3) is 11.3 Å². The first-order valence-electron chi connectivity index (χ1n) is 7.91. The SMILES string of the molecule is NC(=O)c1cc(-c2csc(CC(=O)NCc3ccccc3)n2)ccc1O. The Balaban J connectivity index is 1.65. The van der Waals surface area contributed by atoms with E-state index < -0.39 is 5.91 Å². The van der Waals surface area contributed by atoms with E-state index in [1.807, 2.05) is 30.3 Å². The fourth-order valence-electron chi connectivity index (χ4n) is 2.41. The first-order valence-corrected chi connectivity index (χ1v) is 8.79. The quantitative estimate of drug-likeness (QED) is 0.622. The normalized spacial score (nSPS) is 10.5. The van der Waals surface area contributed by atoms with Crippen LogP contribution in [0.15, 0.2) is 53.9 Å². The number of hydrogen-bond acceptors (Lipinski definition) is 5. The lowest BCUT2D eigenvalue weighted by Crippen LogP contribution is -2.24. The van der Waals surface area contributed by atoms with Gasteiger partial charge in [-0.15, -0.1) is 11.3 Å². The molecule has 1 aromatic heterocycles. The zero-order valence-electron chi connectivity index (χ0n) is 13.8. The summed E-state index contributed by atoms with van der Waals surface area (Å²) in [5.41, 5.74) is 7.60. The maximum atomic E-state index is 12.1. The first-order chi connectivity index (χ1) is 12.5. The molecule has 0 atom stereocenters. The van der Waals surface area contributed by atoms with Gasteiger partial charge >= 0.3 is 0 Å². The lowest BCUT2D eigenvalue weighted by molar-refractivity contribution is -0.120. The molecule has 3 rings (SSSR count). The maximum absolute atomic E-state index is 12.1. The van der Waals surface area contributed by atoms with Crippen LogP contribution < -0.4 is 11.1 Å². The van der Waals surface area contributed by atoms with Crippen LogP contribution in [0.5, 0.6) is 5.75 Å². The molecule has 0 aliphatic heterocycles. The molecule has 0 fully saturated rings. The number of amides is 2. The molecule has 2 amide bonds. The topological polar surface area (TPSA) is 105 Å². The molecule has 132 valence electrons. The number of primary amides is 1. The van der Waals surface area contributed by atoms with Crippen LogP contribution in [0.4, 0.5) is 0 Å². The van der Waals surface area contributed by atoms with E-state index in [0.29, 0.717) is 22.8 Å². The Morgan fingerprint density at radius 3 is 2.65 bits per heavy atom. The standard InChI is InChI=1S/C19H17N3O3S/c20-19(25)14-8-13(6-7-16(14)23)15-11-26-18(22-15)9-17(24)21-10-12-4-2-1-3-5-12/h1-8,11,23H,9-10H2,(H2,20,25)(H,21,24). The minimum atomic E-state index is -0.708. The van der Waals surface area contributed by atoms with Gasteiger partial charge in [0.15, 0.2) is 0 Å². The number of aromatic hydroxyl groups is 1. The molecule has 0 saturated carbocycles. The first kappa shape index (κ1) is 17.6. The minimum Gasteiger partial charge on any atom is -0.507 e. The van der Waals surface area contributed by atoms with E-state index in [2.05, 4.69) is 10.3 Å². The van der Waals surface area contributed by atoms with Crippen molar-refractivity contribution in [2.75, 3.05) is 0 Å². The van der Waals surface area contributed by atoms with Gasteiger partial charge in [0, 0.05) is 17.5 Å². The smallest absolute Gasteiger partial charge is 0.252 e. The molecular formula is C19H17N3O3S. The predicted molar refractivity (Wildman–Crippen MR) is 99.7 cm³/mol. The highest BCUT2D eigenvalue weighted by Gasteiger charge is 2.13. The molecule has 0 saturated heterocycles. The van der Waals surface area contributed by atoms with Gasteiger partial charge in [-0.05, 0) is 23.8 Å². The van der Waals surface area contributed by atoms with E-state index in [-0.39, 0.29) is 23.6 Å². The zero-order valence-corrected chi connectivity index (χ0v) is 14.6. The number of nitrogens with zero attached hydrogens (tertiary/aromatic N) is 1. The fourth-order valence-corrected chi connectivity index (χ4v) is 3.22. The largest absolute Gasteiger partial charge is 0.507 e. The van der Waals surface area contributed by atoms with Gasteiger partial charge in [-0.3, -0.25) is 9.59 Å². The summed E-state index contributed by atoms with van der Waals surface area (Å²) in [5, 5.41) is 15.0. The van der Waals surface area contributed by atoms with Crippen LogP contribution in [0.2, 0.25) is 0 Å². The molecule has 26 heavy (non-hydrogen) atoms. The number of nitrogens with one attached hydrogen (secondary N) is 1. The van der Waals surface area contributed by atoms with Gasteiger partial charge in [-0.25, -0.2) is 4.98 Å². The van der Waals surface area contributed by atoms with Crippen LogP contribution >= 0.6 is 11.3 Å². The molecular weight excluding hydrogens is 350 g/mol. The number of aromatic nitrogens is 1. The molecule has 4 N–H and O–H groups in total. The van der Waals surface area contributed by atoms with Crippen molar-refractivity contribution in [2.24, 2.45) is 5.73 Å². The van der Waals surface area contributed by atoms with Crippen molar-refractivity contribution in [3.05, 3.63) is 70.0 Å². The summed E-state index contributed by atoms with van der Waals surface area (Å²) in [4.78, 5) is 27.8. The third-order valence-corrected chi connectivity index (χ3v) is 4.60. The van der Waals surface area contributed by atoms with Gasteiger partial charge in [0.2, 0.25) is 5.91 Å². The highest BCUT2D eigenvalue weighted by molar-refractivity contribution is 7.10. The maximum Gasteiger partial charge on any atom is 0.252 e. The third kappa shape index (κ3) is 4.25. The van der Waals surface area contributed by atoms with Gasteiger partial charge in [0.25, 0.3) is 5.91 Å². The number of thiazole rings is 1. The van der Waals surface area contributed by atoms with E-state index >= 15 is 0 Å². The lowest BCUT2D eigenvalue weighted by atomic mass is 10.1. The minimum absolute atomic E-state index is 0.0395. The molecule has 0 spiro atoms. The van der Waals surface area contributed by atoms with Crippen LogP contribution in [0.3, 0.4) is 0 Å². The van der Waals surface area contributed by atoms with E-state index in [0.717, 1.165) is 5.56 Å². The van der Waals surface area contributed by atoms with Crippen LogP contribution in [-0.4, -0.2) is 21.9 Å². The molecule has 3 aromatic rings. The van der Waals surface area contributed by atoms with Crippen LogP contribution in [-0.2, 0) is 17.8 Å². The molecule has 0 bridgehead atoms. The number of carbonyl (C=O) groups excluding carboxylic acids is 2. The molecule has 6 nitrogen and oxygen atoms in total. The Kier molecular flexibility index (Phi) is 5.28. The summed E-state index contributed by atoms with van der Waals surface area (Å²) in [7, 11) is 0. The monoisotopic (exact) mass is 367 g/mol. The average Bonchev–Trinajstić information content (AvgIpc) is 3.09. The van der Waals surface area contributed by atoms with Crippen molar-refractivity contribution in [1.29, 1.82) is 0 Å². The number of carbonyl (C=O) groups is 2. The van der Waals surface area contributed by atoms with Crippen molar-refractivity contribution in [2.45, 2.75) is 13.0 Å². The Bertz CT molecular complexity index is 938. The van der Waals surface area contributed by atoms with Crippen molar-refractivity contribution in [3.8, 4) is 17.0 Å². The molecule has 0 unspecified atom stereocenters. The summed E-state index contributed by atoms with van der Waals surface area (Å²) in [6.45, 7) is 0.470. The van der Waals surface area contributed by atoms with Crippen LogP contribution in [0, 0.1) is 0 Å². The second-order valence-electron chi connectivity index (χ2n) is 5.66. The second kappa shape index (κ2) is 7.79. The Morgan fingerprint density at radius 2 is 1.92 bits per heavy atom. The van der Waals surface area contributed by atoms with Gasteiger partial charge < -0.3 is 16.2 Å². The summed E-state index contributed by atoms with van der Waals surface area (Å²) >= 11 is 1.36. The van der Waals surface area contributed by atoms with Gasteiger partial charge in [-0.1, -0.05) is 30.3 Å². The molecule has 2 aromatic carbocycles. The lowest BCUT2D eigenvalue weighted by Gasteiger charge is -2.04. The molecule has 1 heterocycles.